The molecule has 0 aliphatic heterocycles. The molecule has 21 heavy (non-hydrogen) atoms. The average molecular weight is 322 g/mol. The topological polar surface area (TPSA) is 29.1 Å². The van der Waals surface area contributed by atoms with E-state index in [-0.39, 0.29) is 11.3 Å². The number of nitrogens with one attached hydrogen (secondary N) is 1. The molecule has 3 unspecified atom stereocenters. The molecule has 2 rings (SSSR count). The maximum absolute atomic E-state index is 12.7. The van der Waals surface area contributed by atoms with Crippen LogP contribution in [0.2, 0.25) is 5.02 Å². The number of rotatable bonds is 5. The Morgan fingerprint density at radius 2 is 1.81 bits per heavy atom. The highest BCUT2D eigenvalue weighted by atomic mass is 35.5. The van der Waals surface area contributed by atoms with Crippen molar-refractivity contribution in [3.8, 4) is 0 Å². The summed E-state index contributed by atoms with van der Waals surface area (Å²) >= 11 is 5.99. The van der Waals surface area contributed by atoms with Gasteiger partial charge in [0.05, 0.1) is 16.0 Å². The number of hydrogen-bond acceptors (Lipinski definition) is 2. The molecule has 0 saturated carbocycles. The first-order valence-electron chi connectivity index (χ1n) is 6.93. The predicted molar refractivity (Wildman–Crippen MR) is 90.3 cm³/mol. The van der Waals surface area contributed by atoms with E-state index in [1.807, 2.05) is 26.1 Å². The van der Waals surface area contributed by atoms with Gasteiger partial charge >= 0.3 is 0 Å². The van der Waals surface area contributed by atoms with Crippen molar-refractivity contribution in [3.63, 3.8) is 0 Å². The number of aryl methyl sites for hydroxylation is 1. The van der Waals surface area contributed by atoms with Gasteiger partial charge in [0.25, 0.3) is 0 Å². The van der Waals surface area contributed by atoms with Crippen LogP contribution in [-0.2, 0) is 10.8 Å². The second-order valence-electron chi connectivity index (χ2n) is 5.14. The van der Waals surface area contributed by atoms with Crippen LogP contribution in [0.1, 0.15) is 24.1 Å². The van der Waals surface area contributed by atoms with E-state index in [0.29, 0.717) is 5.02 Å². The van der Waals surface area contributed by atoms with Gasteiger partial charge in [0.2, 0.25) is 0 Å². The average Bonchev–Trinajstić information content (AvgIpc) is 2.49. The molecule has 0 radical (unpaired) electrons. The molecule has 2 aromatic carbocycles. The van der Waals surface area contributed by atoms with Crippen LogP contribution in [0, 0.1) is 6.92 Å². The normalized spacial score (nSPS) is 15.4. The third-order valence-corrected chi connectivity index (χ3v) is 5.48. The van der Waals surface area contributed by atoms with E-state index >= 15 is 0 Å². The fraction of sp³-hybridized carbons (Fsp3) is 0.294. The molecule has 4 heteroatoms. The van der Waals surface area contributed by atoms with Crippen molar-refractivity contribution in [2.45, 2.75) is 30.0 Å². The van der Waals surface area contributed by atoms with E-state index in [4.69, 9.17) is 11.6 Å². The van der Waals surface area contributed by atoms with Gasteiger partial charge in [-0.15, -0.1) is 0 Å². The molecule has 0 aliphatic carbocycles. The van der Waals surface area contributed by atoms with Gasteiger partial charge in [-0.25, -0.2) is 0 Å². The first-order chi connectivity index (χ1) is 10.0. The van der Waals surface area contributed by atoms with Gasteiger partial charge in [-0.3, -0.25) is 4.21 Å². The van der Waals surface area contributed by atoms with Crippen molar-refractivity contribution in [1.82, 2.24) is 5.32 Å². The second kappa shape index (κ2) is 7.21. The SMILES string of the molecule is CNC(c1ccc(C)cc1)C(C)S(=O)c1cccc(Cl)c1. The third kappa shape index (κ3) is 3.94. The van der Waals surface area contributed by atoms with Crippen LogP contribution < -0.4 is 5.32 Å². The van der Waals surface area contributed by atoms with E-state index in [1.54, 1.807) is 12.1 Å². The molecule has 0 spiro atoms. The Hall–Kier alpha value is -1.16. The van der Waals surface area contributed by atoms with Gasteiger partial charge in [-0.2, -0.15) is 0 Å². The molecule has 0 bridgehead atoms. The fourth-order valence-electron chi connectivity index (χ4n) is 2.38. The summed E-state index contributed by atoms with van der Waals surface area (Å²) in [6.45, 7) is 4.06. The highest BCUT2D eigenvalue weighted by Crippen LogP contribution is 2.25. The summed E-state index contributed by atoms with van der Waals surface area (Å²) in [4.78, 5) is 0.766. The summed E-state index contributed by atoms with van der Waals surface area (Å²) in [5.41, 5.74) is 2.36. The molecule has 3 atom stereocenters. The molecule has 0 aliphatic rings. The molecular formula is C17H20ClNOS. The largest absolute Gasteiger partial charge is 0.312 e. The van der Waals surface area contributed by atoms with Crippen molar-refractivity contribution in [1.29, 1.82) is 0 Å². The molecule has 2 aromatic rings. The van der Waals surface area contributed by atoms with Crippen molar-refractivity contribution in [2.24, 2.45) is 0 Å². The van der Waals surface area contributed by atoms with Gasteiger partial charge in [-0.05, 0) is 44.7 Å². The van der Waals surface area contributed by atoms with E-state index in [9.17, 15) is 4.21 Å². The predicted octanol–water partition coefficient (Wildman–Crippen LogP) is 4.11. The Bertz CT molecular complexity index is 627. The monoisotopic (exact) mass is 321 g/mol. The van der Waals surface area contributed by atoms with Crippen LogP contribution in [0.4, 0.5) is 0 Å². The van der Waals surface area contributed by atoms with E-state index in [1.165, 1.54) is 5.56 Å². The van der Waals surface area contributed by atoms with Gasteiger partial charge in [-0.1, -0.05) is 47.5 Å². The molecule has 0 heterocycles. The Morgan fingerprint density at radius 1 is 1.14 bits per heavy atom. The molecule has 0 aromatic heterocycles. The zero-order valence-electron chi connectivity index (χ0n) is 12.5. The Labute approximate surface area is 134 Å². The van der Waals surface area contributed by atoms with Crippen LogP contribution in [-0.4, -0.2) is 16.5 Å². The first-order valence-corrected chi connectivity index (χ1v) is 8.52. The highest BCUT2D eigenvalue weighted by molar-refractivity contribution is 7.85. The highest BCUT2D eigenvalue weighted by Gasteiger charge is 2.24. The summed E-state index contributed by atoms with van der Waals surface area (Å²) in [6, 6.07) is 15.6. The number of hydrogen-bond donors (Lipinski definition) is 1. The van der Waals surface area contributed by atoms with Crippen LogP contribution in [0.3, 0.4) is 0 Å². The standard InChI is InChI=1S/C17H20ClNOS/c1-12-7-9-14(10-8-12)17(19-3)13(2)21(20)16-6-4-5-15(18)11-16/h4-11,13,17,19H,1-3H3. The molecule has 0 fully saturated rings. The molecule has 112 valence electrons. The summed E-state index contributed by atoms with van der Waals surface area (Å²) in [5.74, 6) is 0. The summed E-state index contributed by atoms with van der Waals surface area (Å²) in [7, 11) is 0.778. The zero-order valence-corrected chi connectivity index (χ0v) is 14.0. The molecule has 0 saturated heterocycles. The Balaban J connectivity index is 2.25. The minimum absolute atomic E-state index is 0.0328. The minimum Gasteiger partial charge on any atom is -0.312 e. The lowest BCUT2D eigenvalue weighted by Crippen LogP contribution is -2.30. The summed E-state index contributed by atoms with van der Waals surface area (Å²) < 4.78 is 12.7. The first kappa shape index (κ1) is 16.2. The smallest absolute Gasteiger partial charge is 0.0577 e. The van der Waals surface area contributed by atoms with E-state index in [2.05, 4.69) is 36.5 Å². The van der Waals surface area contributed by atoms with Crippen molar-refractivity contribution < 1.29 is 4.21 Å². The van der Waals surface area contributed by atoms with Crippen LogP contribution in [0.25, 0.3) is 0 Å². The molecule has 0 amide bonds. The molecule has 2 nitrogen and oxygen atoms in total. The quantitative estimate of drug-likeness (QED) is 0.898. The van der Waals surface area contributed by atoms with Crippen molar-refractivity contribution >= 4 is 22.4 Å². The van der Waals surface area contributed by atoms with Gasteiger partial charge in [0, 0.05) is 16.0 Å². The lowest BCUT2D eigenvalue weighted by Gasteiger charge is -2.24. The fourth-order valence-corrected chi connectivity index (χ4v) is 4.06. The third-order valence-electron chi connectivity index (χ3n) is 3.58. The lowest BCUT2D eigenvalue weighted by atomic mass is 10.0. The molecular weight excluding hydrogens is 302 g/mol. The van der Waals surface area contributed by atoms with Gasteiger partial charge in [0.1, 0.15) is 0 Å². The van der Waals surface area contributed by atoms with Crippen LogP contribution in [0.15, 0.2) is 53.4 Å². The molecule has 1 N–H and O–H groups in total. The summed E-state index contributed by atoms with van der Waals surface area (Å²) in [5, 5.41) is 3.83. The Morgan fingerprint density at radius 3 is 2.38 bits per heavy atom. The van der Waals surface area contributed by atoms with Crippen molar-refractivity contribution in [2.75, 3.05) is 7.05 Å². The van der Waals surface area contributed by atoms with Gasteiger partial charge < -0.3 is 5.32 Å². The minimum atomic E-state index is -1.12. The van der Waals surface area contributed by atoms with Crippen LogP contribution >= 0.6 is 11.6 Å². The van der Waals surface area contributed by atoms with Crippen molar-refractivity contribution in [3.05, 3.63) is 64.7 Å². The zero-order chi connectivity index (χ0) is 15.4. The maximum Gasteiger partial charge on any atom is 0.0577 e. The number of halogens is 1. The maximum atomic E-state index is 12.7. The Kier molecular flexibility index (Phi) is 5.57. The summed E-state index contributed by atoms with van der Waals surface area (Å²) in [6.07, 6.45) is 0. The number of benzene rings is 2. The van der Waals surface area contributed by atoms with Crippen LogP contribution in [0.5, 0.6) is 0 Å². The van der Waals surface area contributed by atoms with E-state index in [0.717, 1.165) is 10.5 Å². The lowest BCUT2D eigenvalue weighted by molar-refractivity contribution is 0.570. The van der Waals surface area contributed by atoms with Gasteiger partial charge in [0.15, 0.2) is 0 Å². The second-order valence-corrected chi connectivity index (χ2v) is 7.38. The van der Waals surface area contributed by atoms with E-state index < -0.39 is 10.8 Å².